The average Bonchev–Trinajstić information content (AvgIpc) is 2.14. The lowest BCUT2D eigenvalue weighted by atomic mass is 10.1. The summed E-state index contributed by atoms with van der Waals surface area (Å²) in [5, 5.41) is 10.8. The minimum atomic E-state index is 0.264. The van der Waals surface area contributed by atoms with E-state index in [0.29, 0.717) is 13.2 Å². The molecule has 1 aromatic rings. The monoisotopic (exact) mass is 214 g/mol. The lowest BCUT2D eigenvalue weighted by Crippen LogP contribution is -2.01. The zero-order valence-corrected chi connectivity index (χ0v) is 9.56. The van der Waals surface area contributed by atoms with Crippen molar-refractivity contribution in [3.8, 4) is 5.75 Å². The summed E-state index contributed by atoms with van der Waals surface area (Å²) in [6.07, 6.45) is 0. The highest BCUT2D eigenvalue weighted by Gasteiger charge is 2.08. The molecule has 14 heavy (non-hydrogen) atoms. The highest BCUT2D eigenvalue weighted by Crippen LogP contribution is 2.23. The standard InChI is InChI=1S/C10H15O3P/c1-12-5-7-3-9(14)4-8(6-13-2)10(7)11/h3-4,11H,5-6,14H2,1-2H3. The van der Waals surface area contributed by atoms with Gasteiger partial charge >= 0.3 is 0 Å². The number of benzene rings is 1. The van der Waals surface area contributed by atoms with Crippen LogP contribution >= 0.6 is 9.24 Å². The van der Waals surface area contributed by atoms with Crippen LogP contribution in [0.25, 0.3) is 0 Å². The molecule has 1 aromatic carbocycles. The predicted molar refractivity (Wildman–Crippen MR) is 58.9 cm³/mol. The molecule has 0 aliphatic heterocycles. The Labute approximate surface area is 86.2 Å². The molecule has 0 radical (unpaired) electrons. The molecule has 0 amide bonds. The van der Waals surface area contributed by atoms with Gasteiger partial charge in [-0.15, -0.1) is 9.24 Å². The molecule has 1 atom stereocenters. The minimum Gasteiger partial charge on any atom is -0.507 e. The first-order chi connectivity index (χ1) is 6.69. The molecule has 0 saturated heterocycles. The molecular formula is C10H15O3P. The van der Waals surface area contributed by atoms with Crippen LogP contribution in [0.3, 0.4) is 0 Å². The molecule has 0 aliphatic rings. The number of methoxy groups -OCH3 is 2. The Morgan fingerprint density at radius 3 is 1.93 bits per heavy atom. The maximum atomic E-state index is 9.81. The van der Waals surface area contributed by atoms with Crippen LogP contribution in [-0.4, -0.2) is 19.3 Å². The molecule has 0 saturated carbocycles. The smallest absolute Gasteiger partial charge is 0.126 e. The van der Waals surface area contributed by atoms with Gasteiger partial charge in [0.25, 0.3) is 0 Å². The lowest BCUT2D eigenvalue weighted by Gasteiger charge is -2.10. The first kappa shape index (κ1) is 11.4. The number of hydrogen-bond donors (Lipinski definition) is 1. The normalized spacial score (nSPS) is 10.5. The molecule has 3 nitrogen and oxygen atoms in total. The summed E-state index contributed by atoms with van der Waals surface area (Å²) >= 11 is 0. The van der Waals surface area contributed by atoms with Gasteiger partial charge in [0.15, 0.2) is 0 Å². The third-order valence-corrected chi connectivity index (χ3v) is 2.22. The van der Waals surface area contributed by atoms with Gasteiger partial charge in [0, 0.05) is 25.3 Å². The molecule has 0 heterocycles. The van der Waals surface area contributed by atoms with E-state index >= 15 is 0 Å². The van der Waals surface area contributed by atoms with Crippen LogP contribution in [0.4, 0.5) is 0 Å². The van der Waals surface area contributed by atoms with Gasteiger partial charge < -0.3 is 14.6 Å². The van der Waals surface area contributed by atoms with E-state index in [1.165, 1.54) is 0 Å². The quantitative estimate of drug-likeness (QED) is 0.765. The van der Waals surface area contributed by atoms with Crippen LogP contribution in [0.5, 0.6) is 5.75 Å². The SMILES string of the molecule is COCc1cc(P)cc(COC)c1O. The Morgan fingerprint density at radius 2 is 1.57 bits per heavy atom. The van der Waals surface area contributed by atoms with Crippen molar-refractivity contribution in [2.75, 3.05) is 14.2 Å². The Morgan fingerprint density at radius 1 is 1.14 bits per heavy atom. The van der Waals surface area contributed by atoms with Crippen molar-refractivity contribution < 1.29 is 14.6 Å². The molecule has 4 heteroatoms. The Bertz CT molecular complexity index is 285. The molecule has 1 rings (SSSR count). The Kier molecular flexibility index (Phi) is 4.33. The van der Waals surface area contributed by atoms with E-state index < -0.39 is 0 Å². The predicted octanol–water partition coefficient (Wildman–Crippen LogP) is 1.19. The minimum absolute atomic E-state index is 0.264. The lowest BCUT2D eigenvalue weighted by molar-refractivity contribution is 0.174. The summed E-state index contributed by atoms with van der Waals surface area (Å²) in [4.78, 5) is 0. The third kappa shape index (κ3) is 2.68. The highest BCUT2D eigenvalue weighted by atomic mass is 31.0. The van der Waals surface area contributed by atoms with Gasteiger partial charge in [0.1, 0.15) is 5.75 Å². The molecule has 1 unspecified atom stereocenters. The van der Waals surface area contributed by atoms with Crippen molar-refractivity contribution in [1.82, 2.24) is 0 Å². The number of rotatable bonds is 4. The van der Waals surface area contributed by atoms with E-state index in [1.54, 1.807) is 14.2 Å². The van der Waals surface area contributed by atoms with E-state index in [9.17, 15) is 5.11 Å². The number of phenols is 1. The van der Waals surface area contributed by atoms with Gasteiger partial charge in [-0.05, 0) is 17.4 Å². The molecular weight excluding hydrogens is 199 g/mol. The van der Waals surface area contributed by atoms with Crippen molar-refractivity contribution in [2.24, 2.45) is 0 Å². The van der Waals surface area contributed by atoms with Crippen molar-refractivity contribution in [2.45, 2.75) is 13.2 Å². The number of ether oxygens (including phenoxy) is 2. The molecule has 0 fully saturated rings. The maximum Gasteiger partial charge on any atom is 0.126 e. The Hall–Kier alpha value is -0.630. The number of aromatic hydroxyl groups is 1. The second-order valence-electron chi connectivity index (χ2n) is 3.05. The first-order valence-corrected chi connectivity index (χ1v) is 4.85. The molecule has 78 valence electrons. The van der Waals surface area contributed by atoms with Crippen LogP contribution in [0.1, 0.15) is 11.1 Å². The van der Waals surface area contributed by atoms with E-state index in [0.717, 1.165) is 16.4 Å². The van der Waals surface area contributed by atoms with Gasteiger partial charge in [-0.1, -0.05) is 0 Å². The highest BCUT2D eigenvalue weighted by molar-refractivity contribution is 7.27. The van der Waals surface area contributed by atoms with Crippen molar-refractivity contribution in [3.05, 3.63) is 23.3 Å². The fraction of sp³-hybridized carbons (Fsp3) is 0.400. The topological polar surface area (TPSA) is 38.7 Å². The Balaban J connectivity index is 3.04. The van der Waals surface area contributed by atoms with Crippen LogP contribution < -0.4 is 5.30 Å². The summed E-state index contributed by atoms with van der Waals surface area (Å²) in [6.45, 7) is 0.815. The van der Waals surface area contributed by atoms with E-state index in [1.807, 2.05) is 12.1 Å². The second-order valence-corrected chi connectivity index (χ2v) is 3.72. The van der Waals surface area contributed by atoms with Crippen LogP contribution in [0, 0.1) is 0 Å². The fourth-order valence-electron chi connectivity index (χ4n) is 1.32. The average molecular weight is 214 g/mol. The number of hydrogen-bond acceptors (Lipinski definition) is 3. The maximum absolute atomic E-state index is 9.81. The molecule has 0 aliphatic carbocycles. The van der Waals surface area contributed by atoms with Crippen molar-refractivity contribution >= 4 is 14.5 Å². The van der Waals surface area contributed by atoms with Crippen molar-refractivity contribution in [1.29, 1.82) is 0 Å². The van der Waals surface area contributed by atoms with Crippen LogP contribution in [0.2, 0.25) is 0 Å². The van der Waals surface area contributed by atoms with Gasteiger partial charge in [-0.2, -0.15) is 0 Å². The fourth-order valence-corrected chi connectivity index (χ4v) is 1.72. The summed E-state index contributed by atoms with van der Waals surface area (Å²) in [5.74, 6) is 0.264. The molecule has 0 spiro atoms. The van der Waals surface area contributed by atoms with Gasteiger partial charge in [-0.25, -0.2) is 0 Å². The van der Waals surface area contributed by atoms with E-state index in [2.05, 4.69) is 9.24 Å². The molecule has 0 bridgehead atoms. The third-order valence-electron chi connectivity index (χ3n) is 1.89. The van der Waals surface area contributed by atoms with Gasteiger partial charge in [0.05, 0.1) is 13.2 Å². The zero-order chi connectivity index (χ0) is 10.6. The molecule has 0 aromatic heterocycles. The largest absolute Gasteiger partial charge is 0.507 e. The number of phenolic OH excluding ortho intramolecular Hbond substituents is 1. The summed E-state index contributed by atoms with van der Waals surface area (Å²) < 4.78 is 9.97. The van der Waals surface area contributed by atoms with Gasteiger partial charge in [0.2, 0.25) is 0 Å². The first-order valence-electron chi connectivity index (χ1n) is 4.27. The summed E-state index contributed by atoms with van der Waals surface area (Å²) in [5.41, 5.74) is 1.57. The van der Waals surface area contributed by atoms with Crippen LogP contribution in [0.15, 0.2) is 12.1 Å². The van der Waals surface area contributed by atoms with Gasteiger partial charge in [-0.3, -0.25) is 0 Å². The summed E-state index contributed by atoms with van der Waals surface area (Å²) in [6, 6.07) is 3.76. The van der Waals surface area contributed by atoms with Crippen LogP contribution in [-0.2, 0) is 22.7 Å². The summed E-state index contributed by atoms with van der Waals surface area (Å²) in [7, 11) is 5.80. The molecule has 1 N–H and O–H groups in total. The van der Waals surface area contributed by atoms with E-state index in [-0.39, 0.29) is 5.75 Å². The van der Waals surface area contributed by atoms with Crippen molar-refractivity contribution in [3.63, 3.8) is 0 Å². The van der Waals surface area contributed by atoms with E-state index in [4.69, 9.17) is 9.47 Å². The zero-order valence-electron chi connectivity index (χ0n) is 8.41. The second kappa shape index (κ2) is 5.30.